The number of ether oxygens (including phenoxy) is 3. The number of aliphatic imine (C=N–C) groups is 1. The monoisotopic (exact) mass is 570 g/mol. The van der Waals surface area contributed by atoms with E-state index in [1.165, 1.54) is 0 Å². The summed E-state index contributed by atoms with van der Waals surface area (Å²) in [5.41, 5.74) is 1.63. The van der Waals surface area contributed by atoms with Gasteiger partial charge in [-0.3, -0.25) is 19.9 Å². The minimum Gasteiger partial charge on any atom is -0.497 e. The molecule has 3 unspecified atom stereocenters. The van der Waals surface area contributed by atoms with E-state index in [9.17, 15) is 14.4 Å². The summed E-state index contributed by atoms with van der Waals surface area (Å²) >= 11 is 0. The molecule has 12 nitrogen and oxygen atoms in total. The van der Waals surface area contributed by atoms with Crippen molar-refractivity contribution in [1.82, 2.24) is 20.5 Å². The molecule has 42 heavy (non-hydrogen) atoms. The van der Waals surface area contributed by atoms with Gasteiger partial charge in [0.15, 0.2) is 5.54 Å². The summed E-state index contributed by atoms with van der Waals surface area (Å²) in [5, 5.41) is 5.13. The standard InChI is InChI=1S/C30H30N6O6/c1-40-20-4-2-19-17-36(27(37)21(19)14-20)9-8-30(28(38)33-29(39)34-30)25-15-23-24(42-25)6-5-22(32-23)18-3-7-26(31-16-18)35-10-12-41-13-11-35/h2-7,14-16,23-24H,8-13,17H2,1H3,(H2,33,34,38,39). The van der Waals surface area contributed by atoms with Crippen molar-refractivity contribution < 1.29 is 28.6 Å². The third-order valence-corrected chi connectivity index (χ3v) is 8.35. The predicted octanol–water partition coefficient (Wildman–Crippen LogP) is 1.56. The summed E-state index contributed by atoms with van der Waals surface area (Å²) in [5.74, 6) is 1.16. The van der Waals surface area contributed by atoms with Crippen LogP contribution in [0, 0.1) is 0 Å². The number of urea groups is 1. The van der Waals surface area contributed by atoms with Crippen LogP contribution in [0.4, 0.5) is 10.6 Å². The molecular weight excluding hydrogens is 540 g/mol. The zero-order chi connectivity index (χ0) is 28.8. The Labute approximate surface area is 242 Å². The summed E-state index contributed by atoms with van der Waals surface area (Å²) in [4.78, 5) is 52.1. The molecular formula is C30H30N6O6. The Balaban J connectivity index is 1.10. The number of allylic oxidation sites excluding steroid dienone is 1. The first-order valence-corrected chi connectivity index (χ1v) is 14.0. The minimum absolute atomic E-state index is 0.139. The van der Waals surface area contributed by atoms with Crippen molar-refractivity contribution in [2.75, 3.05) is 44.9 Å². The van der Waals surface area contributed by atoms with Gasteiger partial charge in [-0.15, -0.1) is 0 Å². The van der Waals surface area contributed by atoms with Crippen LogP contribution in [-0.4, -0.2) is 91.1 Å². The van der Waals surface area contributed by atoms with Crippen LogP contribution in [-0.2, 0) is 20.8 Å². The van der Waals surface area contributed by atoms with Crippen LogP contribution in [0.1, 0.15) is 27.9 Å². The van der Waals surface area contributed by atoms with Gasteiger partial charge >= 0.3 is 6.03 Å². The second-order valence-electron chi connectivity index (χ2n) is 10.8. The molecule has 1 aromatic carbocycles. The molecule has 1 aromatic heterocycles. The van der Waals surface area contributed by atoms with Gasteiger partial charge in [0, 0.05) is 49.9 Å². The van der Waals surface area contributed by atoms with Crippen LogP contribution < -0.4 is 20.3 Å². The summed E-state index contributed by atoms with van der Waals surface area (Å²) < 4.78 is 16.9. The molecule has 0 radical (unpaired) electrons. The SMILES string of the molecule is COc1ccc2c(c1)C(=O)N(CCC1(C3=CC4N=C(c5ccc(N6CCOCC6)nc5)C=CC4O3)NC(=O)NC1=O)C2. The highest BCUT2D eigenvalue weighted by molar-refractivity contribution is 6.10. The smallest absolute Gasteiger partial charge is 0.322 e. The number of carbonyl (C=O) groups is 3. The molecule has 12 heteroatoms. The van der Waals surface area contributed by atoms with Crippen LogP contribution in [0.15, 0.2) is 65.5 Å². The van der Waals surface area contributed by atoms with Crippen molar-refractivity contribution in [3.8, 4) is 5.75 Å². The number of rotatable bonds is 7. The number of hydrogen-bond acceptors (Lipinski definition) is 9. The van der Waals surface area contributed by atoms with Gasteiger partial charge in [0.05, 0.1) is 26.0 Å². The Morgan fingerprint density at radius 2 is 2.00 bits per heavy atom. The van der Waals surface area contributed by atoms with Crippen molar-refractivity contribution in [2.45, 2.75) is 30.7 Å². The van der Waals surface area contributed by atoms with E-state index in [1.54, 1.807) is 24.2 Å². The Hall–Kier alpha value is -4.71. The number of morpholine rings is 1. The van der Waals surface area contributed by atoms with Crippen molar-refractivity contribution in [1.29, 1.82) is 0 Å². The summed E-state index contributed by atoms with van der Waals surface area (Å²) in [7, 11) is 1.55. The lowest BCUT2D eigenvalue weighted by atomic mass is 9.91. The molecule has 216 valence electrons. The number of carbonyl (C=O) groups excluding carboxylic acids is 3. The number of benzene rings is 1. The van der Waals surface area contributed by atoms with Gasteiger partial charge in [-0.1, -0.05) is 6.07 Å². The lowest BCUT2D eigenvalue weighted by molar-refractivity contribution is -0.124. The van der Waals surface area contributed by atoms with Crippen molar-refractivity contribution in [3.05, 3.63) is 77.2 Å². The Bertz CT molecular complexity index is 1550. The third-order valence-electron chi connectivity index (χ3n) is 8.35. The molecule has 5 aliphatic rings. The van der Waals surface area contributed by atoms with Gasteiger partial charge in [0.25, 0.3) is 11.8 Å². The minimum atomic E-state index is -1.45. The van der Waals surface area contributed by atoms with E-state index < -0.39 is 23.6 Å². The molecule has 0 saturated carbocycles. The highest BCUT2D eigenvalue weighted by Crippen LogP contribution is 2.36. The second kappa shape index (κ2) is 10.3. The molecule has 6 heterocycles. The van der Waals surface area contributed by atoms with Gasteiger partial charge in [0.2, 0.25) is 0 Å². The number of pyridine rings is 1. The number of hydrogen-bond donors (Lipinski definition) is 2. The number of anilines is 1. The Morgan fingerprint density at radius 3 is 2.74 bits per heavy atom. The van der Waals surface area contributed by atoms with E-state index in [-0.39, 0.29) is 24.9 Å². The van der Waals surface area contributed by atoms with Gasteiger partial charge in [-0.2, -0.15) is 0 Å². The van der Waals surface area contributed by atoms with Crippen molar-refractivity contribution in [2.24, 2.45) is 4.99 Å². The molecule has 7 rings (SSSR count). The van der Waals surface area contributed by atoms with Crippen molar-refractivity contribution >= 4 is 29.4 Å². The first-order chi connectivity index (χ1) is 20.4. The van der Waals surface area contributed by atoms with Gasteiger partial charge < -0.3 is 29.3 Å². The predicted molar refractivity (Wildman–Crippen MR) is 151 cm³/mol. The van der Waals surface area contributed by atoms with Crippen molar-refractivity contribution in [3.63, 3.8) is 0 Å². The zero-order valence-electron chi connectivity index (χ0n) is 23.0. The first kappa shape index (κ1) is 26.2. The highest BCUT2D eigenvalue weighted by Gasteiger charge is 2.53. The molecule has 0 spiro atoms. The summed E-state index contributed by atoms with van der Waals surface area (Å²) in [6, 6.07) is 8.39. The zero-order valence-corrected chi connectivity index (χ0v) is 23.0. The number of nitrogens with zero attached hydrogens (tertiary/aromatic N) is 4. The van der Waals surface area contributed by atoms with E-state index in [1.807, 2.05) is 42.6 Å². The molecule has 0 bridgehead atoms. The number of fused-ring (bicyclic) bond motifs is 2. The van der Waals surface area contributed by atoms with Crippen LogP contribution in [0.25, 0.3) is 0 Å². The number of dihydropyridines is 1. The number of methoxy groups -OCH3 is 1. The quantitative estimate of drug-likeness (QED) is 0.479. The maximum absolute atomic E-state index is 13.2. The number of amides is 4. The summed E-state index contributed by atoms with van der Waals surface area (Å²) in [6.07, 6.45) is 7.11. The fraction of sp³-hybridized carbons (Fsp3) is 0.367. The molecule has 2 N–H and O–H groups in total. The normalized spacial score (nSPS) is 26.3. The molecule has 5 aliphatic heterocycles. The second-order valence-corrected chi connectivity index (χ2v) is 10.8. The maximum Gasteiger partial charge on any atom is 0.322 e. The number of imide groups is 1. The number of aromatic nitrogens is 1. The number of nitrogens with one attached hydrogen (secondary N) is 2. The lowest BCUT2D eigenvalue weighted by Crippen LogP contribution is -2.51. The Morgan fingerprint density at radius 1 is 1.14 bits per heavy atom. The average Bonchev–Trinajstić information content (AvgIpc) is 3.68. The molecule has 0 aliphatic carbocycles. The molecule has 2 aromatic rings. The first-order valence-electron chi connectivity index (χ1n) is 14.0. The van der Waals surface area contributed by atoms with Crippen LogP contribution in [0.5, 0.6) is 5.75 Å². The fourth-order valence-electron chi connectivity index (χ4n) is 6.00. The van der Waals surface area contributed by atoms with Crippen LogP contribution in [0.2, 0.25) is 0 Å². The van der Waals surface area contributed by atoms with Gasteiger partial charge in [0.1, 0.15) is 29.5 Å². The van der Waals surface area contributed by atoms with Gasteiger partial charge in [-0.25, -0.2) is 9.78 Å². The average molecular weight is 571 g/mol. The van der Waals surface area contributed by atoms with E-state index >= 15 is 0 Å². The fourth-order valence-corrected chi connectivity index (χ4v) is 6.00. The molecule has 2 saturated heterocycles. The third kappa shape index (κ3) is 4.48. The van der Waals surface area contributed by atoms with E-state index in [4.69, 9.17) is 19.2 Å². The highest BCUT2D eigenvalue weighted by atomic mass is 16.5. The molecule has 2 fully saturated rings. The van der Waals surface area contributed by atoms with Gasteiger partial charge in [-0.05, 0) is 48.1 Å². The van der Waals surface area contributed by atoms with Crippen LogP contribution in [0.3, 0.4) is 0 Å². The summed E-state index contributed by atoms with van der Waals surface area (Å²) in [6.45, 7) is 3.62. The van der Waals surface area contributed by atoms with E-state index in [0.717, 1.165) is 35.7 Å². The Kier molecular flexibility index (Phi) is 6.42. The van der Waals surface area contributed by atoms with Crippen LogP contribution >= 0.6 is 0 Å². The largest absolute Gasteiger partial charge is 0.497 e. The van der Waals surface area contributed by atoms with E-state index in [0.29, 0.717) is 36.8 Å². The lowest BCUT2D eigenvalue weighted by Gasteiger charge is -2.29. The topological polar surface area (TPSA) is 135 Å². The maximum atomic E-state index is 13.2. The molecule has 3 atom stereocenters. The van der Waals surface area contributed by atoms with E-state index in [2.05, 4.69) is 20.5 Å². The molecule has 4 amide bonds.